The molecule has 0 unspecified atom stereocenters. The van der Waals surface area contributed by atoms with Crippen molar-refractivity contribution in [2.75, 3.05) is 10.7 Å². The largest absolute Gasteiger partial charge is 0.332 e. The third-order valence-electron chi connectivity index (χ3n) is 4.24. The molecule has 0 spiro atoms. The molecule has 0 radical (unpaired) electrons. The van der Waals surface area contributed by atoms with Crippen molar-refractivity contribution in [1.29, 1.82) is 0 Å². The molecule has 0 aliphatic heterocycles. The van der Waals surface area contributed by atoms with E-state index in [4.69, 9.17) is 0 Å². The molecule has 0 N–H and O–H groups in total. The van der Waals surface area contributed by atoms with Gasteiger partial charge < -0.3 is 9.13 Å². The van der Waals surface area contributed by atoms with Gasteiger partial charge in [-0.15, -0.1) is 0 Å². The van der Waals surface area contributed by atoms with Gasteiger partial charge >= 0.3 is 0 Å². The maximum atomic E-state index is 4.60. The number of hydrogen-bond acceptors (Lipinski definition) is 2. The second kappa shape index (κ2) is 7.97. The standard InChI is InChI=1S/C17H26Br2N4/c1-13(2)22-7-5-20-15(22)9-17(11-18,12-19)10-16-21-6-8-23(16)14(3)4/h5-8,13-14H,9-12H2,1-4H3. The Kier molecular flexibility index (Phi) is 6.48. The van der Waals surface area contributed by atoms with Gasteiger partial charge in [0.1, 0.15) is 11.6 Å². The Morgan fingerprint density at radius 3 is 1.57 bits per heavy atom. The molecule has 2 aromatic heterocycles. The Balaban J connectivity index is 2.28. The first-order valence-corrected chi connectivity index (χ1v) is 10.3. The maximum absolute atomic E-state index is 4.60. The van der Waals surface area contributed by atoms with Crippen molar-refractivity contribution in [3.05, 3.63) is 36.4 Å². The van der Waals surface area contributed by atoms with Gasteiger partial charge in [-0.1, -0.05) is 31.9 Å². The van der Waals surface area contributed by atoms with E-state index in [2.05, 4.69) is 91.1 Å². The highest BCUT2D eigenvalue weighted by atomic mass is 79.9. The van der Waals surface area contributed by atoms with Gasteiger partial charge in [-0.05, 0) is 27.7 Å². The lowest BCUT2D eigenvalue weighted by molar-refractivity contribution is 0.348. The topological polar surface area (TPSA) is 35.6 Å². The predicted molar refractivity (Wildman–Crippen MR) is 103 cm³/mol. The van der Waals surface area contributed by atoms with Gasteiger partial charge in [-0.25, -0.2) is 9.97 Å². The van der Waals surface area contributed by atoms with Crippen LogP contribution in [0.5, 0.6) is 0 Å². The molecule has 23 heavy (non-hydrogen) atoms. The molecule has 4 nitrogen and oxygen atoms in total. The number of rotatable bonds is 8. The molecule has 2 aromatic rings. The second-order valence-electron chi connectivity index (χ2n) is 6.81. The van der Waals surface area contributed by atoms with Crippen LogP contribution < -0.4 is 0 Å². The van der Waals surface area contributed by atoms with Crippen LogP contribution in [-0.4, -0.2) is 29.8 Å². The summed E-state index contributed by atoms with van der Waals surface area (Å²) >= 11 is 7.49. The quantitative estimate of drug-likeness (QED) is 0.547. The Morgan fingerprint density at radius 2 is 1.26 bits per heavy atom. The summed E-state index contributed by atoms with van der Waals surface area (Å²) in [6, 6.07) is 0.849. The van der Waals surface area contributed by atoms with Crippen LogP contribution in [0.2, 0.25) is 0 Å². The maximum Gasteiger partial charge on any atom is 0.109 e. The molecule has 0 bridgehead atoms. The number of halogens is 2. The molecule has 2 rings (SSSR count). The zero-order chi connectivity index (χ0) is 17.0. The minimum atomic E-state index is 0.0516. The highest BCUT2D eigenvalue weighted by Gasteiger charge is 2.32. The number of hydrogen-bond donors (Lipinski definition) is 0. The van der Waals surface area contributed by atoms with Gasteiger partial charge in [0.2, 0.25) is 0 Å². The van der Waals surface area contributed by atoms with Crippen LogP contribution in [0.15, 0.2) is 24.8 Å². The fraction of sp³-hybridized carbons (Fsp3) is 0.647. The molecule has 0 atom stereocenters. The zero-order valence-electron chi connectivity index (χ0n) is 14.3. The van der Waals surface area contributed by atoms with E-state index in [1.165, 1.54) is 0 Å². The first-order chi connectivity index (χ1) is 10.9. The van der Waals surface area contributed by atoms with E-state index in [1.807, 2.05) is 12.4 Å². The van der Waals surface area contributed by atoms with Gasteiger partial charge in [-0.3, -0.25) is 0 Å². The molecule has 0 aliphatic rings. The highest BCUT2D eigenvalue weighted by Crippen LogP contribution is 2.32. The Hall–Kier alpha value is -0.620. The number of nitrogens with zero attached hydrogens (tertiary/aromatic N) is 4. The minimum Gasteiger partial charge on any atom is -0.332 e. The smallest absolute Gasteiger partial charge is 0.109 e. The number of imidazole rings is 2. The van der Waals surface area contributed by atoms with E-state index in [0.717, 1.165) is 35.2 Å². The lowest BCUT2D eigenvalue weighted by Crippen LogP contribution is -2.33. The summed E-state index contributed by atoms with van der Waals surface area (Å²) in [6.07, 6.45) is 9.78. The van der Waals surface area contributed by atoms with Crippen molar-refractivity contribution in [2.45, 2.75) is 52.6 Å². The Bertz CT molecular complexity index is 561. The van der Waals surface area contributed by atoms with Crippen molar-refractivity contribution >= 4 is 31.9 Å². The summed E-state index contributed by atoms with van der Waals surface area (Å²) in [7, 11) is 0. The molecular formula is C17H26Br2N4. The molecule has 128 valence electrons. The van der Waals surface area contributed by atoms with Gasteiger partial charge in [0.05, 0.1) is 0 Å². The summed E-state index contributed by atoms with van der Waals surface area (Å²) in [6.45, 7) is 8.78. The van der Waals surface area contributed by atoms with E-state index < -0.39 is 0 Å². The van der Waals surface area contributed by atoms with Crippen LogP contribution >= 0.6 is 31.9 Å². The molecule has 0 aliphatic carbocycles. The Morgan fingerprint density at radius 1 is 0.870 bits per heavy atom. The van der Waals surface area contributed by atoms with E-state index in [-0.39, 0.29) is 5.41 Å². The average molecular weight is 446 g/mol. The fourth-order valence-electron chi connectivity index (χ4n) is 2.86. The lowest BCUT2D eigenvalue weighted by atomic mass is 9.84. The Labute approximate surface area is 156 Å². The zero-order valence-corrected chi connectivity index (χ0v) is 17.5. The van der Waals surface area contributed by atoms with Crippen molar-refractivity contribution in [3.63, 3.8) is 0 Å². The third kappa shape index (κ3) is 4.27. The van der Waals surface area contributed by atoms with Crippen LogP contribution in [0, 0.1) is 5.41 Å². The fourth-order valence-corrected chi connectivity index (χ4v) is 4.58. The van der Waals surface area contributed by atoms with Crippen molar-refractivity contribution < 1.29 is 0 Å². The molecule has 6 heteroatoms. The van der Waals surface area contributed by atoms with E-state index in [9.17, 15) is 0 Å². The molecule has 2 heterocycles. The first-order valence-electron chi connectivity index (χ1n) is 8.08. The molecule has 0 aromatic carbocycles. The van der Waals surface area contributed by atoms with E-state index in [0.29, 0.717) is 12.1 Å². The minimum absolute atomic E-state index is 0.0516. The van der Waals surface area contributed by atoms with E-state index >= 15 is 0 Å². The number of aromatic nitrogens is 4. The van der Waals surface area contributed by atoms with Crippen LogP contribution in [0.3, 0.4) is 0 Å². The van der Waals surface area contributed by atoms with Gasteiger partial charge in [0, 0.05) is 65.8 Å². The predicted octanol–water partition coefficient (Wildman–Crippen LogP) is 4.80. The summed E-state index contributed by atoms with van der Waals surface area (Å²) in [5.74, 6) is 2.28. The SMILES string of the molecule is CC(C)n1ccnc1CC(CBr)(CBr)Cc1nccn1C(C)C. The monoisotopic (exact) mass is 444 g/mol. The summed E-state index contributed by atoms with van der Waals surface area (Å²) in [4.78, 5) is 9.20. The highest BCUT2D eigenvalue weighted by molar-refractivity contribution is 9.09. The van der Waals surface area contributed by atoms with Crippen molar-refractivity contribution in [3.8, 4) is 0 Å². The second-order valence-corrected chi connectivity index (χ2v) is 7.93. The summed E-state index contributed by atoms with van der Waals surface area (Å²) in [5, 5.41) is 1.81. The third-order valence-corrected chi connectivity index (χ3v) is 6.62. The van der Waals surface area contributed by atoms with Crippen LogP contribution in [0.4, 0.5) is 0 Å². The molecule has 0 saturated carbocycles. The summed E-state index contributed by atoms with van der Waals surface area (Å²) < 4.78 is 4.52. The van der Waals surface area contributed by atoms with Crippen LogP contribution in [-0.2, 0) is 12.8 Å². The van der Waals surface area contributed by atoms with Gasteiger partial charge in [0.15, 0.2) is 0 Å². The normalized spacial score (nSPS) is 12.5. The number of alkyl halides is 2. The molecule has 0 saturated heterocycles. The molecular weight excluding hydrogens is 420 g/mol. The molecule has 0 fully saturated rings. The van der Waals surface area contributed by atoms with Gasteiger partial charge in [-0.2, -0.15) is 0 Å². The lowest BCUT2D eigenvalue weighted by Gasteiger charge is -2.30. The first kappa shape index (κ1) is 18.7. The summed E-state index contributed by atoms with van der Waals surface area (Å²) in [5.41, 5.74) is 0.0516. The van der Waals surface area contributed by atoms with Gasteiger partial charge in [0.25, 0.3) is 0 Å². The van der Waals surface area contributed by atoms with E-state index in [1.54, 1.807) is 0 Å². The van der Waals surface area contributed by atoms with Crippen LogP contribution in [0.25, 0.3) is 0 Å². The van der Waals surface area contributed by atoms with Crippen molar-refractivity contribution in [1.82, 2.24) is 19.1 Å². The van der Waals surface area contributed by atoms with Crippen LogP contribution in [0.1, 0.15) is 51.4 Å². The average Bonchev–Trinajstić information content (AvgIpc) is 3.15. The molecule has 0 amide bonds. The van der Waals surface area contributed by atoms with Crippen molar-refractivity contribution in [2.24, 2.45) is 5.41 Å².